The number of benzene rings is 1. The molecule has 2 aromatic rings. The SMILES string of the molecule is CCc1ccc(Nc2cc(NC)[n+](C)c(C)n2)cc1.[Cl-]. The Hall–Kier alpha value is -1.81. The molecule has 2 rings (SSSR count). The highest BCUT2D eigenvalue weighted by atomic mass is 35.5. The average molecular weight is 293 g/mol. The topological polar surface area (TPSA) is 40.8 Å². The Morgan fingerprint density at radius 3 is 2.40 bits per heavy atom. The maximum Gasteiger partial charge on any atom is 0.237 e. The zero-order valence-corrected chi connectivity index (χ0v) is 13.1. The summed E-state index contributed by atoms with van der Waals surface area (Å²) in [7, 11) is 3.91. The van der Waals surface area contributed by atoms with E-state index in [0.29, 0.717) is 0 Å². The van der Waals surface area contributed by atoms with Crippen LogP contribution in [0.3, 0.4) is 0 Å². The van der Waals surface area contributed by atoms with Crippen molar-refractivity contribution in [1.82, 2.24) is 4.98 Å². The summed E-state index contributed by atoms with van der Waals surface area (Å²) in [5, 5.41) is 6.50. The van der Waals surface area contributed by atoms with Crippen LogP contribution in [-0.4, -0.2) is 12.0 Å². The fourth-order valence-corrected chi connectivity index (χ4v) is 1.96. The van der Waals surface area contributed by atoms with E-state index in [1.165, 1.54) is 5.56 Å². The summed E-state index contributed by atoms with van der Waals surface area (Å²) in [6.45, 7) is 4.15. The number of hydrogen-bond donors (Lipinski definition) is 2. The zero-order valence-electron chi connectivity index (χ0n) is 12.4. The second kappa shape index (κ2) is 7.10. The molecule has 0 radical (unpaired) electrons. The quantitative estimate of drug-likeness (QED) is 0.751. The molecule has 2 N–H and O–H groups in total. The van der Waals surface area contributed by atoms with E-state index < -0.39 is 0 Å². The van der Waals surface area contributed by atoms with Crippen LogP contribution in [0, 0.1) is 6.92 Å². The van der Waals surface area contributed by atoms with Crippen LogP contribution in [0.1, 0.15) is 18.3 Å². The van der Waals surface area contributed by atoms with Crippen LogP contribution in [0.5, 0.6) is 0 Å². The molecular formula is C15H21ClN4. The maximum absolute atomic E-state index is 4.53. The van der Waals surface area contributed by atoms with Crippen LogP contribution < -0.4 is 27.6 Å². The molecular weight excluding hydrogens is 272 g/mol. The normalized spacial score (nSPS) is 9.80. The van der Waals surface area contributed by atoms with Gasteiger partial charge in [-0.15, -0.1) is 0 Å². The first-order chi connectivity index (χ1) is 9.13. The van der Waals surface area contributed by atoms with E-state index in [4.69, 9.17) is 0 Å². The van der Waals surface area contributed by atoms with Gasteiger partial charge in [0.15, 0.2) is 0 Å². The lowest BCUT2D eigenvalue weighted by Crippen LogP contribution is -3.00. The summed E-state index contributed by atoms with van der Waals surface area (Å²) in [4.78, 5) is 4.53. The van der Waals surface area contributed by atoms with E-state index in [-0.39, 0.29) is 12.4 Å². The molecule has 0 spiro atoms. The van der Waals surface area contributed by atoms with Crippen LogP contribution >= 0.6 is 0 Å². The molecule has 0 aliphatic rings. The molecule has 1 aromatic carbocycles. The number of hydrogen-bond acceptors (Lipinski definition) is 3. The number of halogens is 1. The Labute approximate surface area is 126 Å². The van der Waals surface area contributed by atoms with E-state index >= 15 is 0 Å². The van der Waals surface area contributed by atoms with Gasteiger partial charge in [-0.05, 0) is 24.1 Å². The van der Waals surface area contributed by atoms with Crippen molar-refractivity contribution in [3.8, 4) is 0 Å². The van der Waals surface area contributed by atoms with Gasteiger partial charge in [0.1, 0.15) is 0 Å². The van der Waals surface area contributed by atoms with Crippen LogP contribution in [-0.2, 0) is 13.5 Å². The summed E-state index contributed by atoms with van der Waals surface area (Å²) < 4.78 is 2.02. The minimum absolute atomic E-state index is 0. The maximum atomic E-state index is 4.53. The van der Waals surface area contributed by atoms with E-state index in [9.17, 15) is 0 Å². The molecule has 1 aromatic heterocycles. The average Bonchev–Trinajstić information content (AvgIpc) is 2.43. The molecule has 108 valence electrons. The molecule has 0 bridgehead atoms. The molecule has 0 fully saturated rings. The van der Waals surface area contributed by atoms with E-state index in [1.54, 1.807) is 0 Å². The van der Waals surface area contributed by atoms with Crippen LogP contribution in [0.2, 0.25) is 0 Å². The number of nitrogens with one attached hydrogen (secondary N) is 2. The highest BCUT2D eigenvalue weighted by molar-refractivity contribution is 5.58. The number of aryl methyl sites for hydroxylation is 2. The van der Waals surface area contributed by atoms with Gasteiger partial charge in [-0.1, -0.05) is 24.0 Å². The monoisotopic (exact) mass is 292 g/mol. The third-order valence-corrected chi connectivity index (χ3v) is 3.29. The molecule has 1 heterocycles. The van der Waals surface area contributed by atoms with E-state index in [0.717, 1.165) is 29.6 Å². The lowest BCUT2D eigenvalue weighted by molar-refractivity contribution is -0.666. The van der Waals surface area contributed by atoms with Crippen molar-refractivity contribution in [3.05, 3.63) is 41.7 Å². The molecule has 0 aliphatic heterocycles. The number of aromatic nitrogens is 2. The number of rotatable bonds is 4. The summed E-state index contributed by atoms with van der Waals surface area (Å²) in [6, 6.07) is 10.4. The first-order valence-electron chi connectivity index (χ1n) is 6.55. The second-order valence-corrected chi connectivity index (χ2v) is 4.56. The first kappa shape index (κ1) is 16.2. The van der Waals surface area contributed by atoms with E-state index in [2.05, 4.69) is 46.8 Å². The third kappa shape index (κ3) is 3.61. The predicted octanol–water partition coefficient (Wildman–Crippen LogP) is -0.434. The Morgan fingerprint density at radius 2 is 1.85 bits per heavy atom. The first-order valence-corrected chi connectivity index (χ1v) is 6.55. The van der Waals surface area contributed by atoms with Gasteiger partial charge >= 0.3 is 0 Å². The van der Waals surface area contributed by atoms with Gasteiger partial charge in [-0.25, -0.2) is 4.57 Å². The molecule has 0 amide bonds. The lowest BCUT2D eigenvalue weighted by atomic mass is 10.1. The summed E-state index contributed by atoms with van der Waals surface area (Å²) in [6.07, 6.45) is 1.06. The van der Waals surface area contributed by atoms with Gasteiger partial charge in [0.25, 0.3) is 0 Å². The minimum Gasteiger partial charge on any atom is -1.00 e. The zero-order chi connectivity index (χ0) is 13.8. The molecule has 20 heavy (non-hydrogen) atoms. The smallest absolute Gasteiger partial charge is 0.237 e. The highest BCUT2D eigenvalue weighted by Gasteiger charge is 2.11. The van der Waals surface area contributed by atoms with Crippen LogP contribution in [0.4, 0.5) is 17.3 Å². The van der Waals surface area contributed by atoms with Gasteiger partial charge < -0.3 is 23.0 Å². The Bertz CT molecular complexity index is 567. The molecule has 0 saturated heterocycles. The van der Waals surface area contributed by atoms with Gasteiger partial charge in [-0.3, -0.25) is 0 Å². The summed E-state index contributed by atoms with van der Waals surface area (Å²) in [5.74, 6) is 2.84. The molecule has 0 atom stereocenters. The van der Waals surface area contributed by atoms with Gasteiger partial charge in [0.05, 0.1) is 13.1 Å². The van der Waals surface area contributed by atoms with Gasteiger partial charge in [0, 0.05) is 19.7 Å². The van der Waals surface area contributed by atoms with Crippen molar-refractivity contribution in [3.63, 3.8) is 0 Å². The van der Waals surface area contributed by atoms with Gasteiger partial charge in [0.2, 0.25) is 17.5 Å². The van der Waals surface area contributed by atoms with Crippen molar-refractivity contribution >= 4 is 17.3 Å². The predicted molar refractivity (Wildman–Crippen MR) is 78.8 cm³/mol. The fraction of sp³-hybridized carbons (Fsp3) is 0.333. The third-order valence-electron chi connectivity index (χ3n) is 3.29. The minimum atomic E-state index is 0. The Balaban J connectivity index is 0.00000200. The molecule has 0 saturated carbocycles. The highest BCUT2D eigenvalue weighted by Crippen LogP contribution is 2.17. The number of anilines is 3. The summed E-state index contributed by atoms with van der Waals surface area (Å²) in [5.41, 5.74) is 2.39. The van der Waals surface area contributed by atoms with Crippen molar-refractivity contribution in [2.45, 2.75) is 20.3 Å². The lowest BCUT2D eigenvalue weighted by Gasteiger charge is -2.08. The fourth-order valence-electron chi connectivity index (χ4n) is 1.96. The van der Waals surface area contributed by atoms with Crippen LogP contribution in [0.15, 0.2) is 30.3 Å². The van der Waals surface area contributed by atoms with Crippen molar-refractivity contribution in [2.75, 3.05) is 17.7 Å². The molecule has 4 nitrogen and oxygen atoms in total. The molecule has 0 aliphatic carbocycles. The molecule has 0 unspecified atom stereocenters. The number of nitrogens with zero attached hydrogens (tertiary/aromatic N) is 2. The molecule has 5 heteroatoms. The van der Waals surface area contributed by atoms with Crippen molar-refractivity contribution in [2.24, 2.45) is 7.05 Å². The Morgan fingerprint density at radius 1 is 1.20 bits per heavy atom. The largest absolute Gasteiger partial charge is 1.00 e. The van der Waals surface area contributed by atoms with Crippen LogP contribution in [0.25, 0.3) is 0 Å². The van der Waals surface area contributed by atoms with Crippen molar-refractivity contribution in [1.29, 1.82) is 0 Å². The van der Waals surface area contributed by atoms with Crippen molar-refractivity contribution < 1.29 is 17.0 Å². The second-order valence-electron chi connectivity index (χ2n) is 4.56. The van der Waals surface area contributed by atoms with Gasteiger partial charge in [-0.2, -0.15) is 0 Å². The Kier molecular flexibility index (Phi) is 5.77. The van der Waals surface area contributed by atoms with E-state index in [1.807, 2.05) is 31.7 Å². The standard InChI is InChI=1S/C15H20N4.ClH/c1-5-12-6-8-13(9-7-12)18-14-10-15(16-3)19(4)11(2)17-14;/h6-10H,5H2,1-4H3,(H,16,18);1H. The summed E-state index contributed by atoms with van der Waals surface area (Å²) >= 11 is 0.